The zero-order valence-electron chi connectivity index (χ0n) is 10.5. The van der Waals surface area contributed by atoms with E-state index in [1.807, 2.05) is 24.3 Å². The highest BCUT2D eigenvalue weighted by molar-refractivity contribution is 6.22. The van der Waals surface area contributed by atoms with Gasteiger partial charge in [0.05, 0.1) is 7.11 Å². The highest BCUT2D eigenvalue weighted by Crippen LogP contribution is 2.38. The van der Waals surface area contributed by atoms with Crippen molar-refractivity contribution in [3.05, 3.63) is 47.5 Å². The fraction of sp³-hybridized carbons (Fsp3) is 0.188. The molecular weight excluding hydrogens is 224 g/mol. The van der Waals surface area contributed by atoms with Crippen LogP contribution in [-0.2, 0) is 0 Å². The smallest absolute Gasteiger partial charge is 0.186 e. The molecule has 0 aliphatic heterocycles. The third kappa shape index (κ3) is 1.39. The van der Waals surface area contributed by atoms with Gasteiger partial charge in [-0.2, -0.15) is 0 Å². The highest BCUT2D eigenvalue weighted by Gasteiger charge is 2.20. The maximum absolute atomic E-state index is 12.1. The SMILES string of the molecule is CCC1=CC(=O)c2ccc(OC)c3cccc1c23. The van der Waals surface area contributed by atoms with Crippen molar-refractivity contribution in [2.24, 2.45) is 0 Å². The van der Waals surface area contributed by atoms with E-state index in [2.05, 4.69) is 13.0 Å². The Hall–Kier alpha value is -2.09. The Morgan fingerprint density at radius 2 is 1.94 bits per heavy atom. The molecule has 3 rings (SSSR count). The number of methoxy groups -OCH3 is 1. The summed E-state index contributed by atoms with van der Waals surface area (Å²) >= 11 is 0. The second-order valence-electron chi connectivity index (χ2n) is 4.43. The van der Waals surface area contributed by atoms with Gasteiger partial charge < -0.3 is 4.74 Å². The molecule has 1 aliphatic rings. The second-order valence-corrected chi connectivity index (χ2v) is 4.43. The lowest BCUT2D eigenvalue weighted by molar-refractivity contribution is 0.104. The fourth-order valence-electron chi connectivity index (χ4n) is 2.64. The molecular formula is C16H14O2. The Balaban J connectivity index is 2.46. The fourth-order valence-corrected chi connectivity index (χ4v) is 2.64. The lowest BCUT2D eigenvalue weighted by atomic mass is 9.86. The summed E-state index contributed by atoms with van der Waals surface area (Å²) in [4.78, 5) is 12.1. The average molecular weight is 238 g/mol. The molecule has 0 aromatic heterocycles. The van der Waals surface area contributed by atoms with E-state index >= 15 is 0 Å². The molecule has 0 atom stereocenters. The van der Waals surface area contributed by atoms with Crippen LogP contribution in [0.2, 0.25) is 0 Å². The zero-order chi connectivity index (χ0) is 12.7. The molecule has 0 saturated carbocycles. The summed E-state index contributed by atoms with van der Waals surface area (Å²) in [5, 5.41) is 2.04. The van der Waals surface area contributed by atoms with Crippen LogP contribution in [0.5, 0.6) is 5.75 Å². The van der Waals surface area contributed by atoms with Crippen LogP contribution in [-0.4, -0.2) is 12.9 Å². The van der Waals surface area contributed by atoms with E-state index in [0.29, 0.717) is 0 Å². The normalized spacial score (nSPS) is 13.7. The van der Waals surface area contributed by atoms with E-state index < -0.39 is 0 Å². The van der Waals surface area contributed by atoms with Gasteiger partial charge in [0.25, 0.3) is 0 Å². The monoisotopic (exact) mass is 238 g/mol. The van der Waals surface area contributed by atoms with E-state index in [4.69, 9.17) is 4.74 Å². The van der Waals surface area contributed by atoms with Crippen molar-refractivity contribution in [1.29, 1.82) is 0 Å². The maximum atomic E-state index is 12.1. The van der Waals surface area contributed by atoms with Gasteiger partial charge in [-0.25, -0.2) is 0 Å². The molecule has 0 heterocycles. The topological polar surface area (TPSA) is 26.3 Å². The molecule has 0 amide bonds. The van der Waals surface area contributed by atoms with E-state index in [9.17, 15) is 4.79 Å². The first-order valence-electron chi connectivity index (χ1n) is 6.11. The summed E-state index contributed by atoms with van der Waals surface area (Å²) in [5.74, 6) is 0.916. The van der Waals surface area contributed by atoms with Crippen molar-refractivity contribution in [2.45, 2.75) is 13.3 Å². The van der Waals surface area contributed by atoms with Crippen molar-refractivity contribution < 1.29 is 9.53 Å². The van der Waals surface area contributed by atoms with Crippen molar-refractivity contribution in [3.8, 4) is 5.75 Å². The number of hydrogen-bond acceptors (Lipinski definition) is 2. The third-order valence-electron chi connectivity index (χ3n) is 3.52. The first-order chi connectivity index (χ1) is 8.76. The van der Waals surface area contributed by atoms with Crippen LogP contribution in [0.4, 0.5) is 0 Å². The summed E-state index contributed by atoms with van der Waals surface area (Å²) < 4.78 is 5.38. The van der Waals surface area contributed by atoms with Gasteiger partial charge in [0.2, 0.25) is 0 Å². The molecule has 0 bridgehead atoms. The van der Waals surface area contributed by atoms with Crippen molar-refractivity contribution in [2.75, 3.05) is 7.11 Å². The minimum absolute atomic E-state index is 0.0956. The molecule has 0 saturated heterocycles. The number of carbonyl (C=O) groups excluding carboxylic acids is 1. The third-order valence-corrected chi connectivity index (χ3v) is 3.52. The highest BCUT2D eigenvalue weighted by atomic mass is 16.5. The van der Waals surface area contributed by atoms with Crippen LogP contribution in [0.3, 0.4) is 0 Å². The quantitative estimate of drug-likeness (QED) is 0.794. The summed E-state index contributed by atoms with van der Waals surface area (Å²) in [6, 6.07) is 9.82. The minimum atomic E-state index is 0.0956. The van der Waals surface area contributed by atoms with E-state index in [-0.39, 0.29) is 5.78 Å². The van der Waals surface area contributed by atoms with E-state index in [1.165, 1.54) is 0 Å². The summed E-state index contributed by atoms with van der Waals surface area (Å²) in [7, 11) is 1.66. The molecule has 90 valence electrons. The van der Waals surface area contributed by atoms with Gasteiger partial charge in [0.15, 0.2) is 5.78 Å². The molecule has 2 aromatic carbocycles. The number of carbonyl (C=O) groups is 1. The molecule has 18 heavy (non-hydrogen) atoms. The van der Waals surface area contributed by atoms with Crippen LogP contribution in [0.15, 0.2) is 36.4 Å². The van der Waals surface area contributed by atoms with Gasteiger partial charge in [-0.1, -0.05) is 25.1 Å². The zero-order valence-corrected chi connectivity index (χ0v) is 10.5. The molecule has 0 unspecified atom stereocenters. The predicted molar refractivity (Wildman–Crippen MR) is 73.1 cm³/mol. The standard InChI is InChI=1S/C16H14O2/c1-3-10-9-14(17)12-7-8-15(18-2)13-6-4-5-11(10)16(12)13/h4-9H,3H2,1-2H3. The van der Waals surface area contributed by atoms with Gasteiger partial charge in [0, 0.05) is 16.3 Å². The van der Waals surface area contributed by atoms with Gasteiger partial charge in [-0.05, 0) is 35.8 Å². The van der Waals surface area contributed by atoms with E-state index in [0.717, 1.165) is 39.6 Å². The van der Waals surface area contributed by atoms with Crippen molar-refractivity contribution in [1.82, 2.24) is 0 Å². The van der Waals surface area contributed by atoms with Crippen LogP contribution in [0, 0.1) is 0 Å². The first-order valence-corrected chi connectivity index (χ1v) is 6.11. The maximum Gasteiger partial charge on any atom is 0.186 e. The van der Waals surface area contributed by atoms with Crippen LogP contribution < -0.4 is 4.74 Å². The Bertz CT molecular complexity index is 681. The molecule has 0 fully saturated rings. The van der Waals surface area contributed by atoms with Crippen LogP contribution in [0.1, 0.15) is 29.3 Å². The Morgan fingerprint density at radius 1 is 1.11 bits per heavy atom. The summed E-state index contributed by atoms with van der Waals surface area (Å²) in [6.45, 7) is 2.07. The predicted octanol–water partition coefficient (Wildman–Crippen LogP) is 3.84. The number of benzene rings is 2. The number of allylic oxidation sites excluding steroid dienone is 2. The molecule has 0 N–H and O–H groups in total. The van der Waals surface area contributed by atoms with Crippen LogP contribution >= 0.6 is 0 Å². The van der Waals surface area contributed by atoms with Crippen LogP contribution in [0.25, 0.3) is 16.3 Å². The van der Waals surface area contributed by atoms with Gasteiger partial charge in [0.1, 0.15) is 5.75 Å². The number of rotatable bonds is 2. The lowest BCUT2D eigenvalue weighted by Crippen LogP contribution is -2.05. The average Bonchev–Trinajstić information content (AvgIpc) is 2.42. The van der Waals surface area contributed by atoms with Gasteiger partial charge >= 0.3 is 0 Å². The molecule has 2 nitrogen and oxygen atoms in total. The van der Waals surface area contributed by atoms with E-state index in [1.54, 1.807) is 13.2 Å². The van der Waals surface area contributed by atoms with Crippen molar-refractivity contribution in [3.63, 3.8) is 0 Å². The Morgan fingerprint density at radius 3 is 2.67 bits per heavy atom. The number of ether oxygens (including phenoxy) is 1. The number of ketones is 1. The van der Waals surface area contributed by atoms with Gasteiger partial charge in [-0.15, -0.1) is 0 Å². The minimum Gasteiger partial charge on any atom is -0.496 e. The van der Waals surface area contributed by atoms with Crippen molar-refractivity contribution >= 4 is 22.1 Å². The molecule has 0 spiro atoms. The second kappa shape index (κ2) is 3.98. The lowest BCUT2D eigenvalue weighted by Gasteiger charge is -2.18. The molecule has 2 heteroatoms. The first kappa shape index (κ1) is 11.0. The van der Waals surface area contributed by atoms with Gasteiger partial charge in [-0.3, -0.25) is 4.79 Å². The Labute approximate surface area is 106 Å². The molecule has 1 aliphatic carbocycles. The summed E-state index contributed by atoms with van der Waals surface area (Å²) in [6.07, 6.45) is 2.62. The summed E-state index contributed by atoms with van der Waals surface area (Å²) in [5.41, 5.74) is 3.04. The molecule has 2 aromatic rings. The number of hydrogen-bond donors (Lipinski definition) is 0. The largest absolute Gasteiger partial charge is 0.496 e. The molecule has 0 radical (unpaired) electrons. The Kier molecular flexibility index (Phi) is 2.44.